The molecule has 0 saturated carbocycles. The number of anilines is 1. The molecule has 196 valence electrons. The molecule has 4 nitrogen and oxygen atoms in total. The molecule has 1 heterocycles. The molecule has 1 aliphatic rings. The number of thioether (sulfide) groups is 1. The second-order valence-corrected chi connectivity index (χ2v) is 11.9. The van der Waals surface area contributed by atoms with E-state index in [0.29, 0.717) is 47.3 Å². The Bertz CT molecular complexity index is 1610. The Labute approximate surface area is 258 Å². The van der Waals surface area contributed by atoms with Crippen molar-refractivity contribution in [2.24, 2.45) is 4.99 Å². The van der Waals surface area contributed by atoms with Crippen molar-refractivity contribution >= 4 is 103 Å². The maximum absolute atomic E-state index is 13.6. The number of ether oxygens (including phenoxy) is 1. The van der Waals surface area contributed by atoms with E-state index >= 15 is 0 Å². The highest BCUT2D eigenvalue weighted by Crippen LogP contribution is 2.38. The van der Waals surface area contributed by atoms with Crippen LogP contribution in [-0.4, -0.2) is 11.1 Å². The molecular weight excluding hydrogens is 662 g/mol. The zero-order valence-electron chi connectivity index (χ0n) is 19.9. The van der Waals surface area contributed by atoms with Gasteiger partial charge >= 0.3 is 0 Å². The number of nitrogens with zero attached hydrogens (tertiary/aromatic N) is 2. The third-order valence-corrected chi connectivity index (χ3v) is 8.27. The molecule has 0 atom stereocenters. The van der Waals surface area contributed by atoms with Crippen LogP contribution in [0.15, 0.2) is 99.3 Å². The van der Waals surface area contributed by atoms with Crippen molar-refractivity contribution in [3.63, 3.8) is 0 Å². The summed E-state index contributed by atoms with van der Waals surface area (Å²) in [5.41, 5.74) is 2.99. The first-order valence-electron chi connectivity index (χ1n) is 11.5. The number of halogens is 5. The van der Waals surface area contributed by atoms with Gasteiger partial charge in [0.05, 0.1) is 20.8 Å². The van der Waals surface area contributed by atoms with E-state index < -0.39 is 0 Å². The van der Waals surface area contributed by atoms with E-state index in [1.54, 1.807) is 65.6 Å². The largest absolute Gasteiger partial charge is 0.488 e. The number of hydrogen-bond acceptors (Lipinski definition) is 4. The summed E-state index contributed by atoms with van der Waals surface area (Å²) in [5, 5.41) is 2.82. The lowest BCUT2D eigenvalue weighted by Crippen LogP contribution is -2.28. The van der Waals surface area contributed by atoms with Crippen LogP contribution in [0.1, 0.15) is 11.1 Å². The highest BCUT2D eigenvalue weighted by atomic mass is 79.9. The smallest absolute Gasteiger partial charge is 0.271 e. The number of rotatable bonds is 6. The van der Waals surface area contributed by atoms with Gasteiger partial charge in [-0.1, -0.05) is 58.5 Å². The van der Waals surface area contributed by atoms with Crippen molar-refractivity contribution in [2.75, 3.05) is 4.90 Å². The zero-order chi connectivity index (χ0) is 27.5. The minimum atomic E-state index is -0.191. The summed E-state index contributed by atoms with van der Waals surface area (Å²) in [5.74, 6) is 0.449. The molecule has 39 heavy (non-hydrogen) atoms. The third kappa shape index (κ3) is 6.83. The lowest BCUT2D eigenvalue weighted by Gasteiger charge is -2.15. The van der Waals surface area contributed by atoms with Crippen molar-refractivity contribution in [3.05, 3.63) is 126 Å². The maximum Gasteiger partial charge on any atom is 0.271 e. The molecule has 0 unspecified atom stereocenters. The standard InChI is InChI=1S/C29H17BrCl4N2O2S/c30-24-13-17(1-12-26(24)38-16-18-2-3-21(33)15-25(18)34)14-27-28(37)36(23-10-6-20(32)7-11-23)29(39-27)35-22-8-4-19(31)5-9-22/h1-15H,16H2/b27-14-,35-29?. The zero-order valence-corrected chi connectivity index (χ0v) is 25.3. The topological polar surface area (TPSA) is 41.9 Å². The Morgan fingerprint density at radius 2 is 1.51 bits per heavy atom. The molecular formula is C29H17BrCl4N2O2S. The van der Waals surface area contributed by atoms with Crippen molar-refractivity contribution in [1.29, 1.82) is 0 Å². The third-order valence-electron chi connectivity index (χ3n) is 5.59. The predicted octanol–water partition coefficient (Wildman–Crippen LogP) is 10.5. The highest BCUT2D eigenvalue weighted by Gasteiger charge is 2.34. The van der Waals surface area contributed by atoms with Crippen LogP contribution in [0, 0.1) is 0 Å². The van der Waals surface area contributed by atoms with Crippen molar-refractivity contribution < 1.29 is 9.53 Å². The highest BCUT2D eigenvalue weighted by molar-refractivity contribution is 9.10. The van der Waals surface area contributed by atoms with Crippen LogP contribution in [0.4, 0.5) is 11.4 Å². The van der Waals surface area contributed by atoms with Crippen molar-refractivity contribution in [2.45, 2.75) is 6.61 Å². The molecule has 1 amide bonds. The molecule has 0 N–H and O–H groups in total. The van der Waals surface area contributed by atoms with Crippen LogP contribution in [-0.2, 0) is 11.4 Å². The molecule has 4 aromatic rings. The van der Waals surface area contributed by atoms with Gasteiger partial charge in [0.1, 0.15) is 12.4 Å². The summed E-state index contributed by atoms with van der Waals surface area (Å²) in [7, 11) is 0. The van der Waals surface area contributed by atoms with Crippen molar-refractivity contribution in [3.8, 4) is 5.75 Å². The van der Waals surface area contributed by atoms with Crippen molar-refractivity contribution in [1.82, 2.24) is 0 Å². The molecule has 0 spiro atoms. The van der Waals surface area contributed by atoms with Gasteiger partial charge in [-0.2, -0.15) is 0 Å². The first-order chi connectivity index (χ1) is 18.8. The molecule has 0 bridgehead atoms. The fourth-order valence-corrected chi connectivity index (χ4v) is 5.89. The van der Waals surface area contributed by atoms with Crippen LogP contribution in [0.5, 0.6) is 5.75 Å². The second-order valence-electron chi connectivity index (χ2n) is 8.31. The van der Waals surface area contributed by atoms with Gasteiger partial charge in [0.2, 0.25) is 0 Å². The SMILES string of the molecule is O=C1/C(=C/c2ccc(OCc3ccc(Cl)cc3Cl)c(Br)c2)SC(=Nc2ccc(Cl)cc2)N1c1ccc(Cl)cc1. The molecule has 0 aliphatic carbocycles. The summed E-state index contributed by atoms with van der Waals surface area (Å²) in [6.07, 6.45) is 1.82. The molecule has 5 rings (SSSR count). The van der Waals surface area contributed by atoms with E-state index in [0.717, 1.165) is 15.6 Å². The Morgan fingerprint density at radius 3 is 2.18 bits per heavy atom. The van der Waals surface area contributed by atoms with Crippen LogP contribution in [0.3, 0.4) is 0 Å². The number of amides is 1. The van der Waals surface area contributed by atoms with E-state index in [1.165, 1.54) is 11.8 Å². The molecule has 0 aromatic heterocycles. The lowest BCUT2D eigenvalue weighted by molar-refractivity contribution is -0.113. The minimum Gasteiger partial charge on any atom is -0.488 e. The number of aliphatic imine (C=N–C) groups is 1. The van der Waals surface area contributed by atoms with E-state index in [1.807, 2.05) is 30.3 Å². The molecule has 1 saturated heterocycles. The molecule has 0 radical (unpaired) electrons. The van der Waals surface area contributed by atoms with Gasteiger partial charge in [0.15, 0.2) is 5.17 Å². The van der Waals surface area contributed by atoms with Crippen LogP contribution < -0.4 is 9.64 Å². The average molecular weight is 679 g/mol. The van der Waals surface area contributed by atoms with E-state index in [9.17, 15) is 4.79 Å². The summed E-state index contributed by atoms with van der Waals surface area (Å²) in [6.45, 7) is 0.282. The van der Waals surface area contributed by atoms with Crippen LogP contribution in [0.2, 0.25) is 20.1 Å². The minimum absolute atomic E-state index is 0.191. The fourth-order valence-electron chi connectivity index (χ4n) is 3.66. The molecule has 1 aliphatic heterocycles. The predicted molar refractivity (Wildman–Crippen MR) is 168 cm³/mol. The maximum atomic E-state index is 13.6. The van der Waals surface area contributed by atoms with Gasteiger partial charge in [0.25, 0.3) is 5.91 Å². The second kappa shape index (κ2) is 12.4. The number of carbonyl (C=O) groups is 1. The summed E-state index contributed by atoms with van der Waals surface area (Å²) in [6, 6.07) is 25.1. The van der Waals surface area contributed by atoms with E-state index in [-0.39, 0.29) is 12.5 Å². The normalized spacial score (nSPS) is 15.4. The van der Waals surface area contributed by atoms with Crippen LogP contribution in [0.25, 0.3) is 6.08 Å². The summed E-state index contributed by atoms with van der Waals surface area (Å²) < 4.78 is 6.69. The molecule has 10 heteroatoms. The van der Waals surface area contributed by atoms with E-state index in [2.05, 4.69) is 15.9 Å². The first-order valence-corrected chi connectivity index (χ1v) is 14.6. The van der Waals surface area contributed by atoms with Gasteiger partial charge in [-0.05, 0) is 112 Å². The monoisotopic (exact) mass is 676 g/mol. The average Bonchev–Trinajstić information content (AvgIpc) is 3.20. The quantitative estimate of drug-likeness (QED) is 0.191. The summed E-state index contributed by atoms with van der Waals surface area (Å²) >= 11 is 29.2. The number of amidine groups is 1. The van der Waals surface area contributed by atoms with Crippen LogP contribution >= 0.6 is 74.1 Å². The Morgan fingerprint density at radius 1 is 0.846 bits per heavy atom. The Balaban J connectivity index is 1.41. The van der Waals surface area contributed by atoms with Gasteiger partial charge < -0.3 is 4.74 Å². The first kappa shape index (κ1) is 28.1. The number of hydrogen-bond donors (Lipinski definition) is 0. The summed E-state index contributed by atoms with van der Waals surface area (Å²) in [4.78, 5) is 20.4. The van der Waals surface area contributed by atoms with Gasteiger partial charge in [-0.3, -0.25) is 9.69 Å². The molecule has 4 aromatic carbocycles. The number of carbonyl (C=O) groups excluding carboxylic acids is 1. The lowest BCUT2D eigenvalue weighted by atomic mass is 10.2. The Kier molecular flexibility index (Phi) is 8.92. The van der Waals surface area contributed by atoms with Gasteiger partial charge in [-0.15, -0.1) is 0 Å². The van der Waals surface area contributed by atoms with Gasteiger partial charge in [-0.25, -0.2) is 4.99 Å². The van der Waals surface area contributed by atoms with E-state index in [4.69, 9.17) is 56.1 Å². The number of benzene rings is 4. The fraction of sp³-hybridized carbons (Fsp3) is 0.0345. The van der Waals surface area contributed by atoms with Gasteiger partial charge in [0, 0.05) is 25.7 Å². The molecule has 1 fully saturated rings. The Hall–Kier alpha value is -2.45.